The SMILES string of the molecule is CC(Cc1ccccc1)N[C@@H]1CCc2c(ccc(O)c2O)[C@H]1O.O=C(O)/C=C/C(=O)O. The third kappa shape index (κ3) is 7.13. The number of carbonyl (C=O) groups is 2. The Morgan fingerprint density at radius 2 is 1.68 bits per heavy atom. The average molecular weight is 429 g/mol. The number of nitrogens with one attached hydrogen (secondary N) is 1. The van der Waals surface area contributed by atoms with Crippen molar-refractivity contribution in [3.8, 4) is 11.5 Å². The summed E-state index contributed by atoms with van der Waals surface area (Å²) in [6.07, 6.45) is 2.71. The second-order valence-electron chi connectivity index (χ2n) is 7.36. The summed E-state index contributed by atoms with van der Waals surface area (Å²) in [5.41, 5.74) is 2.63. The van der Waals surface area contributed by atoms with Gasteiger partial charge in [0.15, 0.2) is 11.5 Å². The number of aliphatic hydroxyl groups excluding tert-OH is 1. The maximum absolute atomic E-state index is 10.6. The lowest BCUT2D eigenvalue weighted by Gasteiger charge is -2.33. The zero-order valence-electron chi connectivity index (χ0n) is 17.1. The van der Waals surface area contributed by atoms with E-state index in [-0.39, 0.29) is 23.6 Å². The molecular weight excluding hydrogens is 402 g/mol. The standard InChI is InChI=1S/C19H23NO3.C4H4O4/c1-12(11-13-5-3-2-4-6-13)20-16-9-7-15-14(18(16)22)8-10-17(21)19(15)23;5-3(6)1-2-4(7)8/h2-6,8,10,12,16,18,20-23H,7,9,11H2,1H3;1-2H,(H,5,6)(H,7,8)/b;2-1+/t12?,16-,18-;/m1./s1. The van der Waals surface area contributed by atoms with Gasteiger partial charge in [-0.1, -0.05) is 36.4 Å². The molecule has 0 radical (unpaired) electrons. The van der Waals surface area contributed by atoms with Crippen molar-refractivity contribution in [1.29, 1.82) is 0 Å². The van der Waals surface area contributed by atoms with Gasteiger partial charge >= 0.3 is 11.9 Å². The molecular formula is C23H27NO7. The number of aliphatic hydroxyl groups is 1. The first-order valence-corrected chi connectivity index (χ1v) is 9.84. The molecule has 0 heterocycles. The summed E-state index contributed by atoms with van der Waals surface area (Å²) in [5, 5.41) is 49.3. The molecule has 3 rings (SSSR count). The Labute approximate surface area is 180 Å². The minimum atomic E-state index is -1.26. The van der Waals surface area contributed by atoms with E-state index in [1.807, 2.05) is 18.2 Å². The van der Waals surface area contributed by atoms with E-state index < -0.39 is 18.0 Å². The molecule has 0 saturated heterocycles. The van der Waals surface area contributed by atoms with Gasteiger partial charge in [-0.3, -0.25) is 0 Å². The predicted octanol–water partition coefficient (Wildman–Crippen LogP) is 2.38. The van der Waals surface area contributed by atoms with E-state index in [9.17, 15) is 24.9 Å². The van der Waals surface area contributed by atoms with E-state index in [0.717, 1.165) is 12.8 Å². The van der Waals surface area contributed by atoms with Gasteiger partial charge < -0.3 is 30.8 Å². The lowest BCUT2D eigenvalue weighted by Crippen LogP contribution is -2.43. The van der Waals surface area contributed by atoms with Crippen LogP contribution >= 0.6 is 0 Å². The second-order valence-corrected chi connectivity index (χ2v) is 7.36. The number of benzene rings is 2. The van der Waals surface area contributed by atoms with Crippen LogP contribution in [0.2, 0.25) is 0 Å². The molecule has 1 aliphatic carbocycles. The summed E-state index contributed by atoms with van der Waals surface area (Å²) in [7, 11) is 0. The van der Waals surface area contributed by atoms with E-state index in [4.69, 9.17) is 10.2 Å². The molecule has 3 atom stereocenters. The highest BCUT2D eigenvalue weighted by Gasteiger charge is 2.31. The van der Waals surface area contributed by atoms with Gasteiger partial charge in [-0.2, -0.15) is 0 Å². The van der Waals surface area contributed by atoms with Crippen LogP contribution in [0.4, 0.5) is 0 Å². The topological polar surface area (TPSA) is 147 Å². The van der Waals surface area contributed by atoms with Gasteiger partial charge in [0.1, 0.15) is 0 Å². The van der Waals surface area contributed by atoms with Crippen LogP contribution in [0.15, 0.2) is 54.6 Å². The van der Waals surface area contributed by atoms with E-state index in [0.29, 0.717) is 29.7 Å². The number of rotatable bonds is 6. The number of carboxylic acids is 2. The molecule has 8 nitrogen and oxygen atoms in total. The summed E-state index contributed by atoms with van der Waals surface area (Å²) >= 11 is 0. The van der Waals surface area contributed by atoms with Crippen LogP contribution in [0.25, 0.3) is 0 Å². The molecule has 8 heteroatoms. The Kier molecular flexibility index (Phi) is 8.60. The van der Waals surface area contributed by atoms with Gasteiger partial charge in [-0.25, -0.2) is 9.59 Å². The number of aromatic hydroxyl groups is 2. The van der Waals surface area contributed by atoms with Crippen LogP contribution in [-0.4, -0.2) is 49.6 Å². The van der Waals surface area contributed by atoms with Crippen LogP contribution in [0.3, 0.4) is 0 Å². The first kappa shape index (κ1) is 23.9. The molecule has 0 amide bonds. The minimum Gasteiger partial charge on any atom is -0.504 e. The highest BCUT2D eigenvalue weighted by molar-refractivity contribution is 5.89. The fourth-order valence-corrected chi connectivity index (χ4v) is 3.56. The number of hydrogen-bond acceptors (Lipinski definition) is 6. The Hall–Kier alpha value is -3.36. The normalized spacial score (nSPS) is 18.5. The van der Waals surface area contributed by atoms with E-state index >= 15 is 0 Å². The van der Waals surface area contributed by atoms with Gasteiger partial charge in [0.25, 0.3) is 0 Å². The fraction of sp³-hybridized carbons (Fsp3) is 0.304. The lowest BCUT2D eigenvalue weighted by molar-refractivity contribution is -0.134. The molecule has 6 N–H and O–H groups in total. The van der Waals surface area contributed by atoms with Crippen molar-refractivity contribution < 1.29 is 35.1 Å². The number of phenols is 2. The van der Waals surface area contributed by atoms with Crippen molar-refractivity contribution in [2.75, 3.05) is 0 Å². The summed E-state index contributed by atoms with van der Waals surface area (Å²) in [5.74, 6) is -2.74. The third-order valence-electron chi connectivity index (χ3n) is 4.95. The molecule has 0 spiro atoms. The first-order valence-electron chi connectivity index (χ1n) is 9.84. The Balaban J connectivity index is 0.000000366. The molecule has 0 fully saturated rings. The van der Waals surface area contributed by atoms with Crippen LogP contribution in [0.5, 0.6) is 11.5 Å². The molecule has 0 aromatic heterocycles. The van der Waals surface area contributed by atoms with Gasteiger partial charge in [0.2, 0.25) is 0 Å². The van der Waals surface area contributed by atoms with Gasteiger partial charge in [0.05, 0.1) is 6.10 Å². The van der Waals surface area contributed by atoms with Crippen LogP contribution < -0.4 is 5.32 Å². The Morgan fingerprint density at radius 3 is 2.26 bits per heavy atom. The lowest BCUT2D eigenvalue weighted by atomic mass is 9.84. The van der Waals surface area contributed by atoms with Crippen LogP contribution in [-0.2, 0) is 22.4 Å². The van der Waals surface area contributed by atoms with Crippen molar-refractivity contribution in [2.24, 2.45) is 0 Å². The number of fused-ring (bicyclic) bond motifs is 1. The summed E-state index contributed by atoms with van der Waals surface area (Å²) in [6, 6.07) is 13.6. The van der Waals surface area contributed by atoms with E-state index in [1.54, 1.807) is 6.07 Å². The molecule has 2 aromatic rings. The molecule has 31 heavy (non-hydrogen) atoms. The summed E-state index contributed by atoms with van der Waals surface area (Å²) < 4.78 is 0. The monoisotopic (exact) mass is 429 g/mol. The highest BCUT2D eigenvalue weighted by Crippen LogP contribution is 2.39. The fourth-order valence-electron chi connectivity index (χ4n) is 3.56. The van der Waals surface area contributed by atoms with Crippen molar-refractivity contribution in [1.82, 2.24) is 5.32 Å². The average Bonchev–Trinajstić information content (AvgIpc) is 2.72. The summed E-state index contributed by atoms with van der Waals surface area (Å²) in [4.78, 5) is 19.1. The summed E-state index contributed by atoms with van der Waals surface area (Å²) in [6.45, 7) is 2.11. The molecule has 166 valence electrons. The van der Waals surface area contributed by atoms with Crippen molar-refractivity contribution in [3.05, 3.63) is 71.3 Å². The molecule has 2 aromatic carbocycles. The zero-order valence-corrected chi connectivity index (χ0v) is 17.1. The van der Waals surface area contributed by atoms with Crippen molar-refractivity contribution in [2.45, 2.75) is 44.4 Å². The van der Waals surface area contributed by atoms with E-state index in [1.165, 1.54) is 11.6 Å². The molecule has 0 aliphatic heterocycles. The number of phenolic OH excluding ortho intramolecular Hbond substituents is 2. The zero-order chi connectivity index (χ0) is 23.0. The smallest absolute Gasteiger partial charge is 0.328 e. The molecule has 0 saturated carbocycles. The Bertz CT molecular complexity index is 911. The van der Waals surface area contributed by atoms with Crippen LogP contribution in [0, 0.1) is 0 Å². The molecule has 1 unspecified atom stereocenters. The second kappa shape index (κ2) is 11.1. The first-order chi connectivity index (χ1) is 14.7. The van der Waals surface area contributed by atoms with Crippen LogP contribution in [0.1, 0.15) is 36.1 Å². The van der Waals surface area contributed by atoms with Crippen molar-refractivity contribution >= 4 is 11.9 Å². The highest BCUT2D eigenvalue weighted by atomic mass is 16.4. The minimum absolute atomic E-state index is 0.0508. The maximum Gasteiger partial charge on any atom is 0.328 e. The Morgan fingerprint density at radius 1 is 1.06 bits per heavy atom. The van der Waals surface area contributed by atoms with E-state index in [2.05, 4.69) is 24.4 Å². The molecule has 1 aliphatic rings. The largest absolute Gasteiger partial charge is 0.504 e. The number of carboxylic acid groups (broad SMARTS) is 2. The van der Waals surface area contributed by atoms with Gasteiger partial charge in [-0.15, -0.1) is 0 Å². The quantitative estimate of drug-likeness (QED) is 0.303. The maximum atomic E-state index is 10.6. The van der Waals surface area contributed by atoms with Crippen molar-refractivity contribution in [3.63, 3.8) is 0 Å². The predicted molar refractivity (Wildman–Crippen MR) is 114 cm³/mol. The van der Waals surface area contributed by atoms with Gasteiger partial charge in [0, 0.05) is 29.8 Å². The number of hydrogen-bond donors (Lipinski definition) is 6. The molecule has 0 bridgehead atoms. The van der Waals surface area contributed by atoms with Gasteiger partial charge in [-0.05, 0) is 43.4 Å². The third-order valence-corrected chi connectivity index (χ3v) is 4.95. The number of aliphatic carboxylic acids is 2.